The molecule has 0 unspecified atom stereocenters. The smallest absolute Gasteiger partial charge is 0.240 e. The predicted octanol–water partition coefficient (Wildman–Crippen LogP) is 3.19. The van der Waals surface area contributed by atoms with Crippen molar-refractivity contribution in [3.8, 4) is 22.8 Å². The zero-order valence-corrected chi connectivity index (χ0v) is 14.8. The van der Waals surface area contributed by atoms with Gasteiger partial charge in [-0.15, -0.1) is 0 Å². The van der Waals surface area contributed by atoms with Gasteiger partial charge in [0.25, 0.3) is 0 Å². The van der Waals surface area contributed by atoms with E-state index in [0.29, 0.717) is 24.8 Å². The molecule has 0 aliphatic rings. The summed E-state index contributed by atoms with van der Waals surface area (Å²) >= 11 is 0. The highest BCUT2D eigenvalue weighted by Crippen LogP contribution is 2.16. The summed E-state index contributed by atoms with van der Waals surface area (Å²) in [6.07, 6.45) is 7.06. The van der Waals surface area contributed by atoms with Gasteiger partial charge in [0, 0.05) is 48.0 Å². The van der Waals surface area contributed by atoms with Gasteiger partial charge in [0.1, 0.15) is 0 Å². The van der Waals surface area contributed by atoms with Crippen molar-refractivity contribution in [2.24, 2.45) is 0 Å². The summed E-state index contributed by atoms with van der Waals surface area (Å²) in [5.74, 6) is 1.78. The summed E-state index contributed by atoms with van der Waals surface area (Å²) in [6.45, 7) is 3.13. The lowest BCUT2D eigenvalue weighted by atomic mass is 10.1. The first kappa shape index (κ1) is 17.0. The van der Waals surface area contributed by atoms with E-state index in [1.807, 2.05) is 36.7 Å². The third kappa shape index (κ3) is 4.21. The Labute approximate surface area is 156 Å². The van der Waals surface area contributed by atoms with Crippen LogP contribution in [0.15, 0.2) is 65.7 Å². The number of nitrogens with zero attached hydrogens (tertiary/aromatic N) is 5. The number of hydrogen-bond donors (Lipinski definition) is 1. The van der Waals surface area contributed by atoms with Gasteiger partial charge < -0.3 is 9.84 Å². The Morgan fingerprint density at radius 3 is 2.56 bits per heavy atom. The lowest BCUT2D eigenvalue weighted by Gasteiger charge is -2.04. The Morgan fingerprint density at radius 2 is 1.78 bits per heavy atom. The molecule has 7 nitrogen and oxygen atoms in total. The van der Waals surface area contributed by atoms with Crippen LogP contribution in [0.25, 0.3) is 22.8 Å². The van der Waals surface area contributed by atoms with Gasteiger partial charge in [-0.25, -0.2) is 9.97 Å². The van der Waals surface area contributed by atoms with Crippen LogP contribution in [-0.4, -0.2) is 25.1 Å². The Bertz CT molecular complexity index is 1010. The van der Waals surface area contributed by atoms with Crippen LogP contribution in [0.2, 0.25) is 0 Å². The van der Waals surface area contributed by atoms with E-state index in [1.54, 1.807) is 12.4 Å². The molecule has 3 heterocycles. The zero-order chi connectivity index (χ0) is 18.5. The SMILES string of the molecule is Cc1cccc(-c2ncc(CNCc3nc(-c4cccnc4)no3)cn2)c1. The van der Waals surface area contributed by atoms with Crippen LogP contribution in [0, 0.1) is 6.92 Å². The van der Waals surface area contributed by atoms with Gasteiger partial charge in [0.05, 0.1) is 6.54 Å². The fourth-order valence-electron chi connectivity index (χ4n) is 2.63. The maximum absolute atomic E-state index is 5.26. The van der Waals surface area contributed by atoms with Crippen LogP contribution in [-0.2, 0) is 13.1 Å². The third-order valence-electron chi connectivity index (χ3n) is 3.97. The fraction of sp³-hybridized carbons (Fsp3) is 0.150. The molecule has 3 aromatic heterocycles. The summed E-state index contributed by atoms with van der Waals surface area (Å²) in [7, 11) is 0. The maximum Gasteiger partial charge on any atom is 0.240 e. The van der Waals surface area contributed by atoms with Crippen molar-refractivity contribution in [1.82, 2.24) is 30.4 Å². The van der Waals surface area contributed by atoms with E-state index in [2.05, 4.69) is 49.5 Å². The Hall–Kier alpha value is -3.45. The van der Waals surface area contributed by atoms with Crippen LogP contribution in [0.1, 0.15) is 17.0 Å². The third-order valence-corrected chi connectivity index (χ3v) is 3.97. The van der Waals surface area contributed by atoms with Crippen LogP contribution in [0.5, 0.6) is 0 Å². The quantitative estimate of drug-likeness (QED) is 0.566. The van der Waals surface area contributed by atoms with Crippen LogP contribution in [0.3, 0.4) is 0 Å². The molecular formula is C20H18N6O. The van der Waals surface area contributed by atoms with Crippen molar-refractivity contribution in [3.63, 3.8) is 0 Å². The standard InChI is InChI=1S/C20H18N6O/c1-14-4-2-5-16(8-14)19-23-10-15(11-24-19)9-22-13-18-25-20(26-27-18)17-6-3-7-21-12-17/h2-8,10-12,22H,9,13H2,1H3. The van der Waals surface area contributed by atoms with E-state index in [9.17, 15) is 0 Å². The van der Waals surface area contributed by atoms with Crippen molar-refractivity contribution < 1.29 is 4.52 Å². The topological polar surface area (TPSA) is 89.6 Å². The minimum atomic E-state index is 0.465. The first-order valence-corrected chi connectivity index (χ1v) is 8.59. The normalized spacial score (nSPS) is 10.9. The second-order valence-corrected chi connectivity index (χ2v) is 6.14. The van der Waals surface area contributed by atoms with Crippen LogP contribution >= 0.6 is 0 Å². The number of rotatable bonds is 6. The van der Waals surface area contributed by atoms with Gasteiger partial charge >= 0.3 is 0 Å². The van der Waals surface area contributed by atoms with Crippen LogP contribution < -0.4 is 5.32 Å². The summed E-state index contributed by atoms with van der Waals surface area (Å²) in [6, 6.07) is 11.9. The average Bonchev–Trinajstić information content (AvgIpc) is 3.18. The Morgan fingerprint density at radius 1 is 0.926 bits per heavy atom. The molecular weight excluding hydrogens is 340 g/mol. The van der Waals surface area contributed by atoms with E-state index < -0.39 is 0 Å². The molecule has 0 bridgehead atoms. The molecule has 0 saturated carbocycles. The molecule has 134 valence electrons. The molecule has 0 saturated heterocycles. The largest absolute Gasteiger partial charge is 0.338 e. The minimum Gasteiger partial charge on any atom is -0.338 e. The number of pyridine rings is 1. The second-order valence-electron chi connectivity index (χ2n) is 6.14. The van der Waals surface area contributed by atoms with Gasteiger partial charge in [-0.3, -0.25) is 4.98 Å². The molecule has 0 aliphatic heterocycles. The summed E-state index contributed by atoms with van der Waals surface area (Å²) in [5, 5.41) is 7.23. The molecule has 0 amide bonds. The lowest BCUT2D eigenvalue weighted by molar-refractivity contribution is 0.367. The predicted molar refractivity (Wildman–Crippen MR) is 100 cm³/mol. The minimum absolute atomic E-state index is 0.465. The van der Waals surface area contributed by atoms with Crippen molar-refractivity contribution in [1.29, 1.82) is 0 Å². The van der Waals surface area contributed by atoms with E-state index >= 15 is 0 Å². The number of hydrogen-bond acceptors (Lipinski definition) is 7. The summed E-state index contributed by atoms with van der Waals surface area (Å²) in [4.78, 5) is 17.3. The fourth-order valence-corrected chi connectivity index (χ4v) is 2.63. The lowest BCUT2D eigenvalue weighted by Crippen LogP contribution is -2.13. The van der Waals surface area contributed by atoms with Crippen molar-refractivity contribution in [2.75, 3.05) is 0 Å². The van der Waals surface area contributed by atoms with Gasteiger partial charge in [-0.1, -0.05) is 28.9 Å². The Kier molecular flexibility index (Phi) is 4.93. The molecule has 1 N–H and O–H groups in total. The molecule has 7 heteroatoms. The molecule has 0 radical (unpaired) electrons. The van der Waals surface area contributed by atoms with E-state index in [4.69, 9.17) is 4.52 Å². The van der Waals surface area contributed by atoms with Crippen molar-refractivity contribution in [2.45, 2.75) is 20.0 Å². The van der Waals surface area contributed by atoms with Gasteiger partial charge in [-0.05, 0) is 25.1 Å². The van der Waals surface area contributed by atoms with Gasteiger partial charge in [0.15, 0.2) is 5.82 Å². The number of benzene rings is 1. The summed E-state index contributed by atoms with van der Waals surface area (Å²) in [5.41, 5.74) is 4.02. The average molecular weight is 358 g/mol. The molecule has 4 rings (SSSR count). The van der Waals surface area contributed by atoms with Crippen molar-refractivity contribution in [3.05, 3.63) is 78.2 Å². The number of aryl methyl sites for hydroxylation is 1. The molecule has 0 aliphatic carbocycles. The van der Waals surface area contributed by atoms with Crippen LogP contribution in [0.4, 0.5) is 0 Å². The van der Waals surface area contributed by atoms with Crippen molar-refractivity contribution >= 4 is 0 Å². The first-order valence-electron chi connectivity index (χ1n) is 8.59. The molecule has 0 spiro atoms. The molecule has 0 atom stereocenters. The molecule has 4 aromatic rings. The Balaban J connectivity index is 1.34. The van der Waals surface area contributed by atoms with E-state index in [1.165, 1.54) is 5.56 Å². The second kappa shape index (κ2) is 7.84. The number of aromatic nitrogens is 5. The highest BCUT2D eigenvalue weighted by Gasteiger charge is 2.08. The molecule has 1 aromatic carbocycles. The van der Waals surface area contributed by atoms with E-state index in [-0.39, 0.29) is 0 Å². The highest BCUT2D eigenvalue weighted by atomic mass is 16.5. The molecule has 0 fully saturated rings. The van der Waals surface area contributed by atoms with Gasteiger partial charge in [-0.2, -0.15) is 4.98 Å². The van der Waals surface area contributed by atoms with E-state index in [0.717, 1.165) is 22.5 Å². The van der Waals surface area contributed by atoms with Gasteiger partial charge in [0.2, 0.25) is 11.7 Å². The zero-order valence-electron chi connectivity index (χ0n) is 14.8. The summed E-state index contributed by atoms with van der Waals surface area (Å²) < 4.78 is 5.26. The first-order chi connectivity index (χ1) is 13.3. The molecule has 27 heavy (non-hydrogen) atoms. The number of nitrogens with one attached hydrogen (secondary N) is 1. The monoisotopic (exact) mass is 358 g/mol. The highest BCUT2D eigenvalue weighted by molar-refractivity contribution is 5.55. The maximum atomic E-state index is 5.26.